The minimum atomic E-state index is -0.686. The lowest BCUT2D eigenvalue weighted by Crippen LogP contribution is -2.42. The Morgan fingerprint density at radius 1 is 1.35 bits per heavy atom. The summed E-state index contributed by atoms with van der Waals surface area (Å²) in [5.41, 5.74) is 1.29. The van der Waals surface area contributed by atoms with Crippen LogP contribution in [0, 0.1) is 6.92 Å². The van der Waals surface area contributed by atoms with Gasteiger partial charge in [-0.2, -0.15) is 0 Å². The van der Waals surface area contributed by atoms with Crippen molar-refractivity contribution in [3.63, 3.8) is 0 Å². The van der Waals surface area contributed by atoms with Gasteiger partial charge in [0.15, 0.2) is 6.61 Å². The molecule has 3 amide bonds. The normalized spacial score (nSPS) is 13.2. The number of urea groups is 1. The van der Waals surface area contributed by atoms with Crippen LogP contribution in [0.2, 0.25) is 5.02 Å². The van der Waals surface area contributed by atoms with Crippen LogP contribution in [0.4, 0.5) is 4.79 Å². The van der Waals surface area contributed by atoms with Gasteiger partial charge < -0.3 is 10.1 Å². The van der Waals surface area contributed by atoms with E-state index in [2.05, 4.69) is 15.6 Å². The molecule has 2 N–H and O–H groups in total. The predicted molar refractivity (Wildman–Crippen MR) is 97.3 cm³/mol. The zero-order chi connectivity index (χ0) is 18.7. The summed E-state index contributed by atoms with van der Waals surface area (Å²) in [6.07, 6.45) is 1.83. The fourth-order valence-electron chi connectivity index (χ4n) is 2.14. The number of thiazole rings is 1. The standard InChI is InChI=1S/C17H16ClN3O4S/c1-9-14(26-15(19-9)10-3-2-4-11(18)7-10)16(23)25-8-13(22)21-17(24)20-12-5-6-12/h2-4,7,12H,5-6,8H2,1H3,(H2,20,21,22,24). The van der Waals surface area contributed by atoms with E-state index < -0.39 is 24.5 Å². The summed E-state index contributed by atoms with van der Waals surface area (Å²) in [4.78, 5) is 40.0. The molecule has 2 aromatic rings. The Balaban J connectivity index is 1.57. The summed E-state index contributed by atoms with van der Waals surface area (Å²) in [5, 5.41) is 5.93. The van der Waals surface area contributed by atoms with E-state index in [1.165, 1.54) is 0 Å². The minimum absolute atomic E-state index is 0.134. The number of imide groups is 1. The second-order valence-electron chi connectivity index (χ2n) is 5.82. The number of carbonyl (C=O) groups is 3. The number of benzene rings is 1. The summed E-state index contributed by atoms with van der Waals surface area (Å²) in [7, 11) is 0. The molecule has 1 aromatic heterocycles. The number of rotatable bonds is 5. The van der Waals surface area contributed by atoms with Gasteiger partial charge in [0.25, 0.3) is 5.91 Å². The van der Waals surface area contributed by atoms with Crippen molar-refractivity contribution in [2.45, 2.75) is 25.8 Å². The number of nitrogens with zero attached hydrogens (tertiary/aromatic N) is 1. The number of carbonyl (C=O) groups excluding carboxylic acids is 3. The third kappa shape index (κ3) is 4.80. The van der Waals surface area contributed by atoms with Crippen LogP contribution < -0.4 is 10.6 Å². The summed E-state index contributed by atoms with van der Waals surface area (Å²) in [5.74, 6) is -1.35. The van der Waals surface area contributed by atoms with E-state index in [0.29, 0.717) is 20.6 Å². The SMILES string of the molecule is Cc1nc(-c2cccc(Cl)c2)sc1C(=O)OCC(=O)NC(=O)NC1CC1. The van der Waals surface area contributed by atoms with Crippen molar-refractivity contribution in [1.29, 1.82) is 0 Å². The van der Waals surface area contributed by atoms with Gasteiger partial charge in [-0.25, -0.2) is 14.6 Å². The molecule has 0 atom stereocenters. The number of ether oxygens (including phenoxy) is 1. The van der Waals surface area contributed by atoms with Crippen molar-refractivity contribution in [1.82, 2.24) is 15.6 Å². The van der Waals surface area contributed by atoms with Gasteiger partial charge in [0.05, 0.1) is 5.69 Å². The number of hydrogen-bond donors (Lipinski definition) is 2. The quantitative estimate of drug-likeness (QED) is 0.761. The van der Waals surface area contributed by atoms with Crippen LogP contribution in [0.25, 0.3) is 10.6 Å². The maximum absolute atomic E-state index is 12.2. The van der Waals surface area contributed by atoms with Crippen molar-refractivity contribution in [2.24, 2.45) is 0 Å². The lowest BCUT2D eigenvalue weighted by Gasteiger charge is -2.06. The van der Waals surface area contributed by atoms with E-state index in [9.17, 15) is 14.4 Å². The van der Waals surface area contributed by atoms with Crippen LogP contribution in [-0.2, 0) is 9.53 Å². The highest BCUT2D eigenvalue weighted by Gasteiger charge is 2.24. The van der Waals surface area contributed by atoms with Crippen molar-refractivity contribution >= 4 is 40.8 Å². The summed E-state index contributed by atoms with van der Waals surface area (Å²) in [6, 6.07) is 6.69. The van der Waals surface area contributed by atoms with Gasteiger partial charge in [-0.15, -0.1) is 11.3 Å². The van der Waals surface area contributed by atoms with Crippen LogP contribution in [0.3, 0.4) is 0 Å². The molecule has 1 heterocycles. The number of amides is 3. The highest BCUT2D eigenvalue weighted by Crippen LogP contribution is 2.29. The largest absolute Gasteiger partial charge is 0.451 e. The van der Waals surface area contributed by atoms with Crippen LogP contribution in [0.15, 0.2) is 24.3 Å². The molecule has 0 aliphatic heterocycles. The molecule has 1 aliphatic carbocycles. The van der Waals surface area contributed by atoms with Gasteiger partial charge in [-0.3, -0.25) is 10.1 Å². The Labute approximate surface area is 158 Å². The fourth-order valence-corrected chi connectivity index (χ4v) is 3.29. The second-order valence-corrected chi connectivity index (χ2v) is 7.25. The molecule has 3 rings (SSSR count). The van der Waals surface area contributed by atoms with Crippen molar-refractivity contribution < 1.29 is 19.1 Å². The molecule has 0 radical (unpaired) electrons. The van der Waals surface area contributed by atoms with Gasteiger partial charge in [0.2, 0.25) is 0 Å². The zero-order valence-electron chi connectivity index (χ0n) is 13.9. The van der Waals surface area contributed by atoms with E-state index in [1.807, 2.05) is 6.07 Å². The zero-order valence-corrected chi connectivity index (χ0v) is 15.4. The summed E-state index contributed by atoms with van der Waals surface area (Å²) in [6.45, 7) is 1.14. The fraction of sp³-hybridized carbons (Fsp3) is 0.294. The Kier molecular flexibility index (Phi) is 5.53. The third-order valence-electron chi connectivity index (χ3n) is 3.55. The molecule has 0 saturated heterocycles. The van der Waals surface area contributed by atoms with Gasteiger partial charge in [-0.1, -0.05) is 23.7 Å². The molecule has 1 aromatic carbocycles. The smallest absolute Gasteiger partial charge is 0.350 e. The first-order valence-electron chi connectivity index (χ1n) is 7.93. The molecule has 9 heteroatoms. The minimum Gasteiger partial charge on any atom is -0.451 e. The number of hydrogen-bond acceptors (Lipinski definition) is 6. The Morgan fingerprint density at radius 3 is 2.81 bits per heavy atom. The first kappa shape index (κ1) is 18.3. The molecule has 1 saturated carbocycles. The third-order valence-corrected chi connectivity index (χ3v) is 4.98. The molecule has 0 unspecified atom stereocenters. The average molecular weight is 394 g/mol. The molecule has 7 nitrogen and oxygen atoms in total. The summed E-state index contributed by atoms with van der Waals surface area (Å²) < 4.78 is 4.98. The summed E-state index contributed by atoms with van der Waals surface area (Å²) >= 11 is 7.13. The first-order valence-corrected chi connectivity index (χ1v) is 9.12. The highest BCUT2D eigenvalue weighted by atomic mass is 35.5. The van der Waals surface area contributed by atoms with Crippen LogP contribution in [0.5, 0.6) is 0 Å². The lowest BCUT2D eigenvalue weighted by molar-refractivity contribution is -0.123. The van der Waals surface area contributed by atoms with Crippen molar-refractivity contribution in [2.75, 3.05) is 6.61 Å². The van der Waals surface area contributed by atoms with E-state index in [-0.39, 0.29) is 6.04 Å². The van der Waals surface area contributed by atoms with E-state index in [0.717, 1.165) is 29.7 Å². The molecule has 0 bridgehead atoms. The Hall–Kier alpha value is -2.45. The van der Waals surface area contributed by atoms with Crippen molar-refractivity contribution in [3.8, 4) is 10.6 Å². The Morgan fingerprint density at radius 2 is 2.12 bits per heavy atom. The number of esters is 1. The van der Waals surface area contributed by atoms with Crippen LogP contribution in [0.1, 0.15) is 28.2 Å². The predicted octanol–water partition coefficient (Wildman–Crippen LogP) is 2.92. The van der Waals surface area contributed by atoms with Crippen LogP contribution >= 0.6 is 22.9 Å². The lowest BCUT2D eigenvalue weighted by atomic mass is 10.2. The van der Waals surface area contributed by atoms with Gasteiger partial charge in [0, 0.05) is 16.6 Å². The number of nitrogens with one attached hydrogen (secondary N) is 2. The molecule has 0 spiro atoms. The number of aromatic nitrogens is 1. The van der Waals surface area contributed by atoms with Gasteiger partial charge in [-0.05, 0) is 31.9 Å². The maximum Gasteiger partial charge on any atom is 0.350 e. The molecule has 26 heavy (non-hydrogen) atoms. The molecule has 1 fully saturated rings. The number of aryl methyl sites for hydroxylation is 1. The average Bonchev–Trinajstić information content (AvgIpc) is 3.31. The van der Waals surface area contributed by atoms with E-state index in [1.54, 1.807) is 25.1 Å². The molecular weight excluding hydrogens is 378 g/mol. The van der Waals surface area contributed by atoms with Crippen molar-refractivity contribution in [3.05, 3.63) is 39.9 Å². The van der Waals surface area contributed by atoms with E-state index in [4.69, 9.17) is 16.3 Å². The molecular formula is C17H16ClN3O4S. The topological polar surface area (TPSA) is 97.4 Å². The second kappa shape index (κ2) is 7.84. The Bertz CT molecular complexity index is 863. The number of halogens is 1. The highest BCUT2D eigenvalue weighted by molar-refractivity contribution is 7.17. The van der Waals surface area contributed by atoms with Gasteiger partial charge >= 0.3 is 12.0 Å². The first-order chi connectivity index (χ1) is 12.4. The molecule has 1 aliphatic rings. The van der Waals surface area contributed by atoms with Crippen LogP contribution in [-0.4, -0.2) is 35.5 Å². The maximum atomic E-state index is 12.2. The molecule has 136 valence electrons. The monoisotopic (exact) mass is 393 g/mol. The van der Waals surface area contributed by atoms with E-state index >= 15 is 0 Å². The van der Waals surface area contributed by atoms with Gasteiger partial charge in [0.1, 0.15) is 9.88 Å².